The Morgan fingerprint density at radius 3 is 1.55 bits per heavy atom. The molecule has 1 saturated carbocycles. The molecule has 3 rings (SSSR count). The first-order valence-corrected chi connectivity index (χ1v) is 18.9. The molecule has 4 N–H and O–H groups in total. The van der Waals surface area contributed by atoms with Gasteiger partial charge in [0.1, 0.15) is 11.5 Å². The first-order chi connectivity index (χ1) is 23.7. The second-order valence-electron chi connectivity index (χ2n) is 17.0. The number of hydrogen-bond donors (Lipinski definition) is 4. The van der Waals surface area contributed by atoms with Crippen molar-refractivity contribution in [3.63, 3.8) is 0 Å². The molecule has 2 unspecified atom stereocenters. The summed E-state index contributed by atoms with van der Waals surface area (Å²) >= 11 is 0. The van der Waals surface area contributed by atoms with Crippen LogP contribution in [0.2, 0.25) is 0 Å². The van der Waals surface area contributed by atoms with Gasteiger partial charge in [-0.2, -0.15) is 0 Å². The van der Waals surface area contributed by atoms with Gasteiger partial charge in [-0.1, -0.05) is 127 Å². The van der Waals surface area contributed by atoms with Gasteiger partial charge < -0.3 is 27.9 Å². The summed E-state index contributed by atoms with van der Waals surface area (Å²) in [5.41, 5.74) is 5.97. The fourth-order valence-electron chi connectivity index (χ4n) is 6.67. The molecular formula is C44H69CrN2O6-. The number of aromatic hydroxyl groups is 2. The molecule has 8 nitrogen and oxygen atoms in total. The van der Waals surface area contributed by atoms with E-state index in [1.165, 1.54) is 36.8 Å². The quantitative estimate of drug-likeness (QED) is 0.0962. The molecule has 2 aromatic rings. The Kier molecular flexibility index (Phi) is 20.4. The van der Waals surface area contributed by atoms with Crippen LogP contribution in [0.5, 0.6) is 11.5 Å². The van der Waals surface area contributed by atoms with E-state index in [1.54, 1.807) is 0 Å². The van der Waals surface area contributed by atoms with Crippen molar-refractivity contribution in [2.45, 2.75) is 175 Å². The maximum Gasteiger partial charge on any atom is 0.414 e. The number of phenols is 2. The first-order valence-electron chi connectivity index (χ1n) is 18.9. The van der Waals surface area contributed by atoms with Crippen LogP contribution in [0.1, 0.15) is 180 Å². The van der Waals surface area contributed by atoms with E-state index in [4.69, 9.17) is 29.8 Å². The predicted molar refractivity (Wildman–Crippen MR) is 217 cm³/mol. The number of carbonyl (C=O) groups is 2. The number of carboxylic acids is 2. The van der Waals surface area contributed by atoms with Crippen LogP contribution in [0.3, 0.4) is 0 Å². The Balaban J connectivity index is 0.00000311. The van der Waals surface area contributed by atoms with Crippen molar-refractivity contribution < 1.29 is 47.4 Å². The van der Waals surface area contributed by atoms with Gasteiger partial charge in [0.25, 0.3) is 0 Å². The Hall–Kier alpha value is -3.15. The van der Waals surface area contributed by atoms with Gasteiger partial charge in [0, 0.05) is 46.5 Å². The zero-order valence-corrected chi connectivity index (χ0v) is 36.0. The molecule has 1 fully saturated rings. The monoisotopic (exact) mass is 773 g/mol. The van der Waals surface area contributed by atoms with E-state index in [0.29, 0.717) is 11.5 Å². The summed E-state index contributed by atoms with van der Waals surface area (Å²) in [7, 11) is 0. The predicted octanol–water partition coefficient (Wildman–Crippen LogP) is 10.9. The third kappa shape index (κ3) is 14.5. The molecule has 0 bridgehead atoms. The summed E-state index contributed by atoms with van der Waals surface area (Å²) in [5, 5.41) is 37.5. The number of phenolic OH excluding ortho intramolecular Hbond substituents is 2. The Bertz CT molecular complexity index is 1510. The van der Waals surface area contributed by atoms with Crippen LogP contribution in [0.25, 0.3) is 0 Å². The van der Waals surface area contributed by atoms with Crippen LogP contribution in [-0.4, -0.2) is 56.9 Å². The number of rotatable bonds is 12. The maximum atomic E-state index is 11.4. The molecule has 0 amide bonds. The summed E-state index contributed by atoms with van der Waals surface area (Å²) < 4.78 is 0. The second kappa shape index (κ2) is 21.7. The summed E-state index contributed by atoms with van der Waals surface area (Å²) in [6.45, 7) is 24.3. The number of aliphatic imine (C=N–C) groups is 2. The number of benzene rings is 2. The molecule has 1 aliphatic carbocycles. The number of unbranched alkanes of at least 4 members (excludes halogenated alkanes) is 2. The van der Waals surface area contributed by atoms with Crippen molar-refractivity contribution >= 4 is 24.4 Å². The molecule has 0 aromatic heterocycles. The topological polar surface area (TPSA) is 140 Å². The largest absolute Gasteiger partial charge is 0.507 e. The van der Waals surface area contributed by atoms with Gasteiger partial charge in [-0.05, 0) is 76.7 Å². The van der Waals surface area contributed by atoms with Gasteiger partial charge in [-0.15, -0.1) is 0 Å². The van der Waals surface area contributed by atoms with Crippen molar-refractivity contribution in [1.82, 2.24) is 0 Å². The average molecular weight is 774 g/mol. The third-order valence-electron chi connectivity index (χ3n) is 10.2. The summed E-state index contributed by atoms with van der Waals surface area (Å²) in [4.78, 5) is 28.4. The number of nitrogens with zero attached hydrogens (tertiary/aromatic N) is 2. The van der Waals surface area contributed by atoms with E-state index >= 15 is 0 Å². The minimum atomic E-state index is -1.82. The molecular weight excluding hydrogens is 704 g/mol. The number of carboxylic acid groups (broad SMARTS) is 2. The molecule has 53 heavy (non-hydrogen) atoms. The van der Waals surface area contributed by atoms with E-state index in [-0.39, 0.29) is 59.0 Å². The fraction of sp³-hybridized carbons (Fsp3) is 0.614. The zero-order valence-electron chi connectivity index (χ0n) is 34.7. The van der Waals surface area contributed by atoms with Crippen LogP contribution in [0, 0.1) is 7.43 Å². The zero-order chi connectivity index (χ0) is 38.7. The molecule has 0 aliphatic heterocycles. The van der Waals surface area contributed by atoms with E-state index in [2.05, 4.69) is 100 Å². The summed E-state index contributed by atoms with van der Waals surface area (Å²) in [6.07, 6.45) is 15.1. The second-order valence-corrected chi connectivity index (χ2v) is 17.0. The third-order valence-corrected chi connectivity index (χ3v) is 10.2. The SMILES string of the molecule is CCCCC(C)(CCCC)c1cc(C=NC2CCCCC2N=Cc2cc(C(C)(C)C)cc(C(C)(C)C)c2O)c(O)c(C(C)C)c1.O=C(O)C(=O)O.[CH3-].[Cr]. The Morgan fingerprint density at radius 1 is 0.736 bits per heavy atom. The van der Waals surface area contributed by atoms with E-state index in [9.17, 15) is 10.2 Å². The van der Waals surface area contributed by atoms with E-state index in [1.807, 2.05) is 12.4 Å². The molecule has 298 valence electrons. The summed E-state index contributed by atoms with van der Waals surface area (Å²) in [6, 6.07) is 8.81. The Labute approximate surface area is 331 Å². The van der Waals surface area contributed by atoms with Gasteiger partial charge in [-0.3, -0.25) is 9.98 Å². The van der Waals surface area contributed by atoms with Crippen molar-refractivity contribution in [1.29, 1.82) is 0 Å². The average Bonchev–Trinajstić information content (AvgIpc) is 3.04. The van der Waals surface area contributed by atoms with Crippen LogP contribution in [-0.2, 0) is 43.2 Å². The minimum Gasteiger partial charge on any atom is -0.507 e. The van der Waals surface area contributed by atoms with Crippen molar-refractivity contribution in [3.8, 4) is 11.5 Å². The minimum absolute atomic E-state index is 0. The number of aliphatic carboxylic acids is 2. The smallest absolute Gasteiger partial charge is 0.414 e. The fourth-order valence-corrected chi connectivity index (χ4v) is 6.67. The van der Waals surface area contributed by atoms with Crippen molar-refractivity contribution in [3.05, 3.63) is 65.1 Å². The van der Waals surface area contributed by atoms with Crippen LogP contribution in [0.4, 0.5) is 0 Å². The van der Waals surface area contributed by atoms with Crippen LogP contribution in [0.15, 0.2) is 34.3 Å². The molecule has 2 aromatic carbocycles. The first kappa shape index (κ1) is 49.9. The van der Waals surface area contributed by atoms with Crippen LogP contribution < -0.4 is 0 Å². The van der Waals surface area contributed by atoms with E-state index in [0.717, 1.165) is 60.8 Å². The molecule has 2 atom stereocenters. The standard InChI is InChI=1S/C41H64N2O2.C2H2O4.CH3.Cr/c1-12-14-20-41(11,21-15-13-2)32-23-29(37(44)33(24-32)28(3)4)26-42-35-18-16-17-19-36(35)43-27-30-22-31(39(5,6)7)25-34(38(30)45)40(8,9)10;3-1(4)2(5)6;;/h22-28,35-36,44-45H,12-21H2,1-11H3;(H,3,4)(H,5,6);1H3;/q;;-1;. The van der Waals surface area contributed by atoms with E-state index < -0.39 is 11.9 Å². The van der Waals surface area contributed by atoms with Gasteiger partial charge >= 0.3 is 11.9 Å². The maximum absolute atomic E-state index is 11.4. The molecule has 9 heteroatoms. The normalized spacial score (nSPS) is 16.5. The Morgan fingerprint density at radius 2 is 1.17 bits per heavy atom. The van der Waals surface area contributed by atoms with Crippen molar-refractivity contribution in [2.24, 2.45) is 9.98 Å². The van der Waals surface area contributed by atoms with Gasteiger partial charge in [0.15, 0.2) is 0 Å². The molecule has 0 spiro atoms. The number of hydrogen-bond acceptors (Lipinski definition) is 6. The van der Waals surface area contributed by atoms with Gasteiger partial charge in [-0.25, -0.2) is 9.59 Å². The van der Waals surface area contributed by atoms with Crippen LogP contribution >= 0.6 is 0 Å². The van der Waals surface area contributed by atoms with Gasteiger partial charge in [0.2, 0.25) is 0 Å². The van der Waals surface area contributed by atoms with Gasteiger partial charge in [0.05, 0.1) is 12.1 Å². The molecule has 0 radical (unpaired) electrons. The van der Waals surface area contributed by atoms with Crippen molar-refractivity contribution in [2.75, 3.05) is 0 Å². The molecule has 1 aliphatic rings. The molecule has 0 saturated heterocycles. The summed E-state index contributed by atoms with van der Waals surface area (Å²) in [5.74, 6) is -2.74. The molecule has 0 heterocycles.